The van der Waals surface area contributed by atoms with Gasteiger partial charge in [0.05, 0.1) is 0 Å². The molecule has 0 unspecified atom stereocenters. The largest absolute Gasteiger partial charge is 0.391 e. The minimum Gasteiger partial charge on any atom is -0.391 e. The van der Waals surface area contributed by atoms with Crippen LogP contribution in [0.5, 0.6) is 0 Å². The molecule has 0 spiro atoms. The number of nitrogens with one attached hydrogen (secondary N) is 1. The third kappa shape index (κ3) is 4.40. The zero-order chi connectivity index (χ0) is 10.9. The molecule has 1 rings (SSSR count). The Morgan fingerprint density at radius 2 is 2.20 bits per heavy atom. The summed E-state index contributed by atoms with van der Waals surface area (Å²) < 4.78 is 0. The van der Waals surface area contributed by atoms with Crippen LogP contribution < -0.4 is 5.32 Å². The molecule has 1 aromatic heterocycles. The van der Waals surface area contributed by atoms with Crippen molar-refractivity contribution in [2.45, 2.75) is 19.8 Å². The van der Waals surface area contributed by atoms with Crippen molar-refractivity contribution in [1.82, 2.24) is 10.3 Å². The van der Waals surface area contributed by atoms with Crippen molar-refractivity contribution in [3.63, 3.8) is 0 Å². The second-order valence-corrected chi connectivity index (χ2v) is 3.24. The van der Waals surface area contributed by atoms with E-state index in [1.807, 2.05) is 0 Å². The lowest BCUT2D eigenvalue weighted by molar-refractivity contribution is 0.104. The van der Waals surface area contributed by atoms with E-state index in [4.69, 9.17) is 0 Å². The maximum atomic E-state index is 11.5. The highest BCUT2D eigenvalue weighted by atomic mass is 16.1. The second-order valence-electron chi connectivity index (χ2n) is 3.24. The molecule has 1 N–H and O–H groups in total. The second kappa shape index (κ2) is 6.76. The highest BCUT2D eigenvalue weighted by molar-refractivity contribution is 6.04. The van der Waals surface area contributed by atoms with Gasteiger partial charge in [0, 0.05) is 36.8 Å². The number of unbranched alkanes of at least 4 members (excludes halogenated alkanes) is 1. The van der Waals surface area contributed by atoms with E-state index in [2.05, 4.69) is 17.2 Å². The van der Waals surface area contributed by atoms with Crippen molar-refractivity contribution < 1.29 is 4.79 Å². The lowest BCUT2D eigenvalue weighted by Gasteiger charge is -1.97. The third-order valence-electron chi connectivity index (χ3n) is 1.99. The van der Waals surface area contributed by atoms with Crippen LogP contribution >= 0.6 is 0 Å². The topological polar surface area (TPSA) is 42.0 Å². The lowest BCUT2D eigenvalue weighted by atomic mass is 10.2. The van der Waals surface area contributed by atoms with Crippen molar-refractivity contribution in [3.8, 4) is 0 Å². The smallest absolute Gasteiger partial charge is 0.187 e. The van der Waals surface area contributed by atoms with E-state index < -0.39 is 0 Å². The summed E-state index contributed by atoms with van der Waals surface area (Å²) in [7, 11) is 0. The van der Waals surface area contributed by atoms with Crippen LogP contribution in [-0.2, 0) is 0 Å². The molecule has 0 bridgehead atoms. The fraction of sp³-hybridized carbons (Fsp3) is 0.333. The zero-order valence-corrected chi connectivity index (χ0v) is 8.94. The van der Waals surface area contributed by atoms with Crippen LogP contribution in [0.3, 0.4) is 0 Å². The average molecular weight is 204 g/mol. The Hall–Kier alpha value is -1.64. The summed E-state index contributed by atoms with van der Waals surface area (Å²) in [6, 6.07) is 3.41. The number of carbonyl (C=O) groups is 1. The molecule has 0 aliphatic carbocycles. The SMILES string of the molecule is CCCCN/C=C/C(=O)c1ccncc1. The normalized spacial score (nSPS) is 10.5. The number of rotatable bonds is 6. The molecule has 0 saturated carbocycles. The van der Waals surface area contributed by atoms with Gasteiger partial charge in [-0.1, -0.05) is 13.3 Å². The Kier molecular flexibility index (Phi) is 5.15. The maximum absolute atomic E-state index is 11.5. The minimum atomic E-state index is 0.00129. The molecule has 0 amide bonds. The van der Waals surface area contributed by atoms with Crippen LogP contribution in [-0.4, -0.2) is 17.3 Å². The number of hydrogen-bond donors (Lipinski definition) is 1. The molecular formula is C12H16N2O. The highest BCUT2D eigenvalue weighted by Gasteiger charge is 1.98. The molecule has 0 radical (unpaired) electrons. The molecule has 0 aliphatic rings. The molecular weight excluding hydrogens is 188 g/mol. The first-order valence-electron chi connectivity index (χ1n) is 5.19. The van der Waals surface area contributed by atoms with Crippen molar-refractivity contribution in [2.75, 3.05) is 6.54 Å². The van der Waals surface area contributed by atoms with Crippen molar-refractivity contribution in [2.24, 2.45) is 0 Å². The Balaban J connectivity index is 2.36. The van der Waals surface area contributed by atoms with Gasteiger partial charge in [-0.25, -0.2) is 0 Å². The van der Waals surface area contributed by atoms with Gasteiger partial charge >= 0.3 is 0 Å². The van der Waals surface area contributed by atoms with Crippen LogP contribution in [0.15, 0.2) is 36.8 Å². The third-order valence-corrected chi connectivity index (χ3v) is 1.99. The Morgan fingerprint density at radius 1 is 1.47 bits per heavy atom. The number of allylic oxidation sites excluding steroid dienone is 1. The van der Waals surface area contributed by atoms with Crippen LogP contribution in [0.25, 0.3) is 0 Å². The number of nitrogens with zero attached hydrogens (tertiary/aromatic N) is 1. The summed E-state index contributed by atoms with van der Waals surface area (Å²) in [5.74, 6) is 0.00129. The first-order chi connectivity index (χ1) is 7.34. The van der Waals surface area contributed by atoms with Gasteiger partial charge in [-0.2, -0.15) is 0 Å². The van der Waals surface area contributed by atoms with Gasteiger partial charge in [0.25, 0.3) is 0 Å². The predicted octanol–water partition coefficient (Wildman–Crippen LogP) is 2.17. The van der Waals surface area contributed by atoms with Gasteiger partial charge < -0.3 is 5.32 Å². The number of pyridine rings is 1. The lowest BCUT2D eigenvalue weighted by Crippen LogP contribution is -2.07. The molecule has 0 saturated heterocycles. The Morgan fingerprint density at radius 3 is 2.87 bits per heavy atom. The molecule has 3 heteroatoms. The minimum absolute atomic E-state index is 0.00129. The zero-order valence-electron chi connectivity index (χ0n) is 8.94. The quantitative estimate of drug-likeness (QED) is 0.438. The molecule has 80 valence electrons. The molecule has 0 aliphatic heterocycles. The molecule has 0 aromatic carbocycles. The fourth-order valence-corrected chi connectivity index (χ4v) is 1.11. The van der Waals surface area contributed by atoms with Gasteiger partial charge in [-0.05, 0) is 18.6 Å². The van der Waals surface area contributed by atoms with Crippen molar-refractivity contribution >= 4 is 5.78 Å². The van der Waals surface area contributed by atoms with Gasteiger partial charge in [0.1, 0.15) is 0 Å². The number of aromatic nitrogens is 1. The standard InChI is InChI=1S/C12H16N2O/c1-2-3-7-13-10-6-12(15)11-4-8-14-9-5-11/h4-6,8-10,13H,2-3,7H2,1H3/b10-6+. The van der Waals surface area contributed by atoms with E-state index in [1.165, 1.54) is 0 Å². The summed E-state index contributed by atoms with van der Waals surface area (Å²) in [6.45, 7) is 3.05. The summed E-state index contributed by atoms with van der Waals surface area (Å²) >= 11 is 0. The monoisotopic (exact) mass is 204 g/mol. The van der Waals surface area contributed by atoms with E-state index in [-0.39, 0.29) is 5.78 Å². The number of ketones is 1. The van der Waals surface area contributed by atoms with Gasteiger partial charge in [-0.3, -0.25) is 9.78 Å². The number of hydrogen-bond acceptors (Lipinski definition) is 3. The van der Waals surface area contributed by atoms with E-state index in [0.29, 0.717) is 5.56 Å². The first-order valence-corrected chi connectivity index (χ1v) is 5.19. The Bertz CT molecular complexity index is 320. The van der Waals surface area contributed by atoms with Crippen LogP contribution in [0.1, 0.15) is 30.1 Å². The van der Waals surface area contributed by atoms with Crippen molar-refractivity contribution in [3.05, 3.63) is 42.4 Å². The molecule has 15 heavy (non-hydrogen) atoms. The molecule has 3 nitrogen and oxygen atoms in total. The summed E-state index contributed by atoms with van der Waals surface area (Å²) in [5, 5.41) is 3.07. The van der Waals surface area contributed by atoms with Crippen molar-refractivity contribution in [1.29, 1.82) is 0 Å². The summed E-state index contributed by atoms with van der Waals surface area (Å²) in [6.07, 6.45) is 8.76. The highest BCUT2D eigenvalue weighted by Crippen LogP contribution is 1.98. The first kappa shape index (κ1) is 11.4. The van der Waals surface area contributed by atoms with Crippen LogP contribution in [0.2, 0.25) is 0 Å². The summed E-state index contributed by atoms with van der Waals surface area (Å²) in [4.78, 5) is 15.4. The van der Waals surface area contributed by atoms with E-state index in [1.54, 1.807) is 36.8 Å². The van der Waals surface area contributed by atoms with E-state index >= 15 is 0 Å². The molecule has 0 atom stereocenters. The van der Waals surface area contributed by atoms with Gasteiger partial charge in [0.2, 0.25) is 0 Å². The van der Waals surface area contributed by atoms with Crippen LogP contribution in [0.4, 0.5) is 0 Å². The Labute approximate surface area is 90.2 Å². The van der Waals surface area contributed by atoms with Gasteiger partial charge in [-0.15, -0.1) is 0 Å². The average Bonchev–Trinajstić information content (AvgIpc) is 2.30. The van der Waals surface area contributed by atoms with E-state index in [0.717, 1.165) is 19.4 Å². The molecule has 1 aromatic rings. The molecule has 0 fully saturated rings. The van der Waals surface area contributed by atoms with E-state index in [9.17, 15) is 4.79 Å². The van der Waals surface area contributed by atoms with Gasteiger partial charge in [0.15, 0.2) is 5.78 Å². The fourth-order valence-electron chi connectivity index (χ4n) is 1.11. The number of carbonyl (C=O) groups excluding carboxylic acids is 1. The maximum Gasteiger partial charge on any atom is 0.187 e. The molecule has 1 heterocycles. The van der Waals surface area contributed by atoms with Crippen LogP contribution in [0, 0.1) is 0 Å². The summed E-state index contributed by atoms with van der Waals surface area (Å²) in [5.41, 5.74) is 0.665. The predicted molar refractivity (Wildman–Crippen MR) is 60.6 cm³/mol.